The van der Waals surface area contributed by atoms with Crippen LogP contribution in [0.25, 0.3) is 11.1 Å². The van der Waals surface area contributed by atoms with Gasteiger partial charge < -0.3 is 20.9 Å². The summed E-state index contributed by atoms with van der Waals surface area (Å²) >= 11 is 0. The van der Waals surface area contributed by atoms with E-state index in [0.717, 1.165) is 0 Å². The van der Waals surface area contributed by atoms with Gasteiger partial charge in [-0.25, -0.2) is 8.78 Å². The lowest BCUT2D eigenvalue weighted by atomic mass is 9.72. The Labute approximate surface area is 168 Å². The van der Waals surface area contributed by atoms with Crippen LogP contribution >= 0.6 is 0 Å². The fraction of sp³-hybridized carbons (Fsp3) is 0.381. The molecule has 2 atom stereocenters. The van der Waals surface area contributed by atoms with E-state index in [4.69, 9.17) is 15.8 Å². The minimum absolute atomic E-state index is 0.0917. The van der Waals surface area contributed by atoms with E-state index in [1.807, 2.05) is 0 Å². The Morgan fingerprint density at radius 2 is 1.97 bits per heavy atom. The molecule has 2 aromatic carbocycles. The molecule has 0 aliphatic heterocycles. The number of carboxylic acid groups (broad SMARTS) is 1. The third kappa shape index (κ3) is 3.92. The molecule has 154 valence electrons. The van der Waals surface area contributed by atoms with Crippen LogP contribution in [0.3, 0.4) is 0 Å². The quantitative estimate of drug-likeness (QED) is 0.533. The van der Waals surface area contributed by atoms with Crippen molar-refractivity contribution in [2.45, 2.75) is 44.5 Å². The predicted molar refractivity (Wildman–Crippen MR) is 106 cm³/mol. The van der Waals surface area contributed by atoms with Crippen molar-refractivity contribution in [3.63, 3.8) is 0 Å². The predicted octanol–water partition coefficient (Wildman–Crippen LogP) is 2.86. The molecular formula is C21H24BF2NO4. The third-order valence-corrected chi connectivity index (χ3v) is 6.08. The lowest BCUT2D eigenvalue weighted by molar-refractivity contribution is -0.145. The number of carbonyl (C=O) groups is 1. The van der Waals surface area contributed by atoms with Crippen LogP contribution in [0.1, 0.15) is 36.5 Å². The summed E-state index contributed by atoms with van der Waals surface area (Å²) in [5.74, 6) is -2.42. The van der Waals surface area contributed by atoms with Crippen LogP contribution in [0, 0.1) is 17.6 Å². The van der Waals surface area contributed by atoms with E-state index in [1.165, 1.54) is 30.3 Å². The molecule has 8 heteroatoms. The fourth-order valence-corrected chi connectivity index (χ4v) is 4.37. The highest BCUT2D eigenvalue weighted by Gasteiger charge is 2.49. The molecule has 2 aromatic rings. The number of rotatable bonds is 7. The maximum Gasteiger partial charge on any atom is 0.451 e. The summed E-state index contributed by atoms with van der Waals surface area (Å²) in [6, 6.07) is 6.80. The van der Waals surface area contributed by atoms with Crippen LogP contribution < -0.4 is 5.73 Å². The Bertz CT molecular complexity index is 937. The van der Waals surface area contributed by atoms with Gasteiger partial charge in [0.05, 0.1) is 5.41 Å². The minimum atomic E-state index is -1.44. The van der Waals surface area contributed by atoms with Gasteiger partial charge in [-0.15, -0.1) is 0 Å². The highest BCUT2D eigenvalue weighted by molar-refractivity contribution is 6.40. The highest BCUT2D eigenvalue weighted by atomic mass is 19.1. The molecule has 0 amide bonds. The molecule has 0 heterocycles. The average Bonchev–Trinajstić information content (AvgIpc) is 2.93. The minimum Gasteiger partial charge on any atom is -0.481 e. The largest absolute Gasteiger partial charge is 0.481 e. The zero-order valence-electron chi connectivity index (χ0n) is 16.2. The summed E-state index contributed by atoms with van der Waals surface area (Å²) in [6.45, 7) is 1.70. The number of carboxylic acids is 1. The average molecular weight is 403 g/mol. The molecule has 0 spiro atoms. The smallest absolute Gasteiger partial charge is 0.451 e. The number of hydrogen-bond acceptors (Lipinski definition) is 4. The van der Waals surface area contributed by atoms with Crippen molar-refractivity contribution in [2.24, 2.45) is 11.7 Å². The Kier molecular flexibility index (Phi) is 6.07. The molecule has 0 fully saturated rings. The van der Waals surface area contributed by atoms with E-state index in [9.17, 15) is 18.7 Å². The van der Waals surface area contributed by atoms with Gasteiger partial charge in [0, 0.05) is 12.1 Å². The van der Waals surface area contributed by atoms with E-state index in [0.29, 0.717) is 41.5 Å². The second-order valence-electron chi connectivity index (χ2n) is 7.81. The first-order valence-corrected chi connectivity index (χ1v) is 9.59. The molecule has 0 saturated carbocycles. The van der Waals surface area contributed by atoms with E-state index in [2.05, 4.69) is 0 Å². The molecule has 0 radical (unpaired) electrons. The maximum atomic E-state index is 14.9. The van der Waals surface area contributed by atoms with Gasteiger partial charge >= 0.3 is 13.1 Å². The molecule has 29 heavy (non-hydrogen) atoms. The van der Waals surface area contributed by atoms with Crippen LogP contribution in [0.4, 0.5) is 8.78 Å². The van der Waals surface area contributed by atoms with E-state index in [1.54, 1.807) is 6.92 Å². The van der Waals surface area contributed by atoms with Gasteiger partial charge in [0.15, 0.2) is 0 Å². The molecule has 0 unspecified atom stereocenters. The molecule has 0 saturated heterocycles. The van der Waals surface area contributed by atoms with Gasteiger partial charge in [-0.05, 0) is 78.5 Å². The van der Waals surface area contributed by atoms with Crippen molar-refractivity contribution >= 4 is 13.1 Å². The van der Waals surface area contributed by atoms with Crippen LogP contribution in [0.2, 0.25) is 6.32 Å². The lowest BCUT2D eigenvalue weighted by Gasteiger charge is -2.28. The summed E-state index contributed by atoms with van der Waals surface area (Å²) in [5, 5.41) is 28.1. The van der Waals surface area contributed by atoms with Crippen LogP contribution in [0.5, 0.6) is 0 Å². The number of hydrogen-bond donors (Lipinski definition) is 4. The topological polar surface area (TPSA) is 104 Å². The SMILES string of the molecule is C[C@@]1(C(=O)O)c2cc(-c3cc(F)ccc3CN)c(F)cc2C[C@@H]1CCCB(O)O. The fourth-order valence-electron chi connectivity index (χ4n) is 4.37. The first kappa shape index (κ1) is 21.4. The molecule has 0 aromatic heterocycles. The maximum absolute atomic E-state index is 14.9. The second kappa shape index (κ2) is 8.22. The second-order valence-corrected chi connectivity index (χ2v) is 7.81. The molecule has 3 rings (SSSR count). The normalized spacial score (nSPS) is 20.6. The van der Waals surface area contributed by atoms with Gasteiger partial charge in [0.2, 0.25) is 0 Å². The van der Waals surface area contributed by atoms with Crippen molar-refractivity contribution < 1.29 is 28.7 Å². The van der Waals surface area contributed by atoms with Gasteiger partial charge in [-0.3, -0.25) is 4.79 Å². The summed E-state index contributed by atoms with van der Waals surface area (Å²) in [4.78, 5) is 12.2. The number of aliphatic carboxylic acids is 1. The third-order valence-electron chi connectivity index (χ3n) is 6.08. The number of nitrogens with two attached hydrogens (primary N) is 1. The Morgan fingerprint density at radius 3 is 2.59 bits per heavy atom. The van der Waals surface area contributed by atoms with Crippen molar-refractivity contribution in [1.82, 2.24) is 0 Å². The lowest BCUT2D eigenvalue weighted by Crippen LogP contribution is -2.37. The first-order valence-electron chi connectivity index (χ1n) is 9.59. The van der Waals surface area contributed by atoms with Crippen molar-refractivity contribution in [3.8, 4) is 11.1 Å². The van der Waals surface area contributed by atoms with Gasteiger partial charge in [-0.1, -0.05) is 12.5 Å². The molecule has 5 N–H and O–H groups in total. The number of halogens is 2. The summed E-state index contributed by atoms with van der Waals surface area (Å²) in [6.07, 6.45) is 1.42. The zero-order chi connectivity index (χ0) is 21.3. The van der Waals surface area contributed by atoms with Crippen LogP contribution in [0.15, 0.2) is 30.3 Å². The Balaban J connectivity index is 2.07. The van der Waals surface area contributed by atoms with E-state index >= 15 is 0 Å². The van der Waals surface area contributed by atoms with Gasteiger partial charge in [-0.2, -0.15) is 0 Å². The number of fused-ring (bicyclic) bond motifs is 1. The molecular weight excluding hydrogens is 379 g/mol. The Morgan fingerprint density at radius 1 is 1.24 bits per heavy atom. The monoisotopic (exact) mass is 403 g/mol. The van der Waals surface area contributed by atoms with Crippen LogP contribution in [-0.4, -0.2) is 28.2 Å². The van der Waals surface area contributed by atoms with E-state index in [-0.39, 0.29) is 24.3 Å². The highest BCUT2D eigenvalue weighted by Crippen LogP contribution is 2.48. The Hall–Kier alpha value is -2.29. The summed E-state index contributed by atoms with van der Waals surface area (Å²) < 4.78 is 28.8. The molecule has 5 nitrogen and oxygen atoms in total. The molecule has 1 aliphatic rings. The first-order chi connectivity index (χ1) is 13.7. The number of benzene rings is 2. The van der Waals surface area contributed by atoms with Crippen molar-refractivity contribution in [1.29, 1.82) is 0 Å². The van der Waals surface area contributed by atoms with Crippen molar-refractivity contribution in [3.05, 3.63) is 58.7 Å². The summed E-state index contributed by atoms with van der Waals surface area (Å²) in [5.41, 5.74) is 6.58. The zero-order valence-corrected chi connectivity index (χ0v) is 16.2. The van der Waals surface area contributed by atoms with Gasteiger partial charge in [0.1, 0.15) is 11.6 Å². The summed E-state index contributed by atoms with van der Waals surface area (Å²) in [7, 11) is -1.44. The molecule has 0 bridgehead atoms. The van der Waals surface area contributed by atoms with Crippen LogP contribution in [-0.2, 0) is 23.2 Å². The van der Waals surface area contributed by atoms with Crippen molar-refractivity contribution in [2.75, 3.05) is 0 Å². The van der Waals surface area contributed by atoms with Gasteiger partial charge in [0.25, 0.3) is 0 Å². The standard InChI is InChI=1S/C21H24BF2NO4/c1-21(20(26)27)14(3-2-6-22(28)29)7-13-8-19(24)17(10-18(13)21)16-9-15(23)5-4-12(16)11-25/h4-5,8-10,14,28-29H,2-3,6-7,11,25H2,1H3,(H,26,27)/t14-,21-/m0/s1. The molecule has 1 aliphatic carbocycles. The van der Waals surface area contributed by atoms with E-state index < -0.39 is 30.1 Å².